The minimum atomic E-state index is -0.749. The number of rotatable bonds is 9. The molecule has 1 aromatic heterocycles. The Balaban J connectivity index is 2.06. The van der Waals surface area contributed by atoms with Gasteiger partial charge in [0.05, 0.1) is 17.4 Å². The van der Waals surface area contributed by atoms with E-state index in [1.165, 1.54) is 4.90 Å². The lowest BCUT2D eigenvalue weighted by atomic mass is 9.98. The van der Waals surface area contributed by atoms with Gasteiger partial charge < -0.3 is 19.6 Å². The molecule has 2 aromatic rings. The number of nitrogens with zero attached hydrogens (tertiary/aromatic N) is 3. The van der Waals surface area contributed by atoms with Crippen LogP contribution in [0.3, 0.4) is 0 Å². The number of hydrogen-bond donors (Lipinski definition) is 1. The van der Waals surface area contributed by atoms with E-state index in [4.69, 9.17) is 4.74 Å². The summed E-state index contributed by atoms with van der Waals surface area (Å²) in [6.45, 7) is 10.6. The quantitative estimate of drug-likeness (QED) is 0.366. The van der Waals surface area contributed by atoms with Crippen molar-refractivity contribution in [1.29, 1.82) is 0 Å². The molecule has 0 bridgehead atoms. The van der Waals surface area contributed by atoms with Crippen molar-refractivity contribution < 1.29 is 19.4 Å². The highest BCUT2D eigenvalue weighted by Crippen LogP contribution is 2.38. The van der Waals surface area contributed by atoms with Gasteiger partial charge in [0.25, 0.3) is 11.7 Å². The van der Waals surface area contributed by atoms with E-state index in [-0.39, 0.29) is 17.4 Å². The Bertz CT molecular complexity index is 984. The molecule has 0 aliphatic carbocycles. The van der Waals surface area contributed by atoms with Crippen molar-refractivity contribution in [3.8, 4) is 5.75 Å². The second-order valence-electron chi connectivity index (χ2n) is 7.97. The summed E-state index contributed by atoms with van der Waals surface area (Å²) in [5.41, 5.74) is 1.02. The van der Waals surface area contributed by atoms with Gasteiger partial charge in [-0.1, -0.05) is 32.0 Å². The number of hydrogen-bond acceptors (Lipinski definition) is 6. The molecule has 7 nitrogen and oxygen atoms in total. The van der Waals surface area contributed by atoms with Crippen molar-refractivity contribution in [2.24, 2.45) is 0 Å². The number of likely N-dealkylation sites (N-methyl/N-ethyl adjacent to an activating group) is 1. The lowest BCUT2D eigenvalue weighted by Crippen LogP contribution is -2.38. The lowest BCUT2D eigenvalue weighted by molar-refractivity contribution is -0.140. The highest BCUT2D eigenvalue weighted by Gasteiger charge is 2.46. The van der Waals surface area contributed by atoms with E-state index in [0.29, 0.717) is 30.1 Å². The molecule has 1 saturated heterocycles. The summed E-state index contributed by atoms with van der Waals surface area (Å²) in [6, 6.07) is 11.5. The number of carbonyl (C=O) groups excluding carboxylic acids is 2. The largest absolute Gasteiger partial charge is 0.507 e. The lowest BCUT2D eigenvalue weighted by Gasteiger charge is -2.27. The van der Waals surface area contributed by atoms with Gasteiger partial charge in [-0.25, -0.2) is 0 Å². The van der Waals surface area contributed by atoms with Gasteiger partial charge in [-0.05, 0) is 51.2 Å². The predicted octanol–water partition coefficient (Wildman–Crippen LogP) is 3.63. The van der Waals surface area contributed by atoms with E-state index in [9.17, 15) is 14.7 Å². The van der Waals surface area contributed by atoms with Gasteiger partial charge in [-0.15, -0.1) is 0 Å². The van der Waals surface area contributed by atoms with Gasteiger partial charge >= 0.3 is 0 Å². The summed E-state index contributed by atoms with van der Waals surface area (Å²) < 4.78 is 5.72. The highest BCUT2D eigenvalue weighted by atomic mass is 16.5. The average Bonchev–Trinajstić information content (AvgIpc) is 3.04. The molecule has 32 heavy (non-hydrogen) atoms. The Kier molecular flexibility index (Phi) is 7.64. The standard InChI is InChI=1S/C25H31N3O4/c1-5-27(6-2)14-15-28-22(20-12-7-8-13-26-20)21(24(30)25(28)31)23(29)18-10-9-11-19(16-18)32-17(3)4/h7-13,16-17,22,29H,5-6,14-15H2,1-4H3/b23-21-. The molecule has 2 heterocycles. The second-order valence-corrected chi connectivity index (χ2v) is 7.97. The number of amides is 1. The summed E-state index contributed by atoms with van der Waals surface area (Å²) in [5, 5.41) is 11.2. The van der Waals surface area contributed by atoms with E-state index in [0.717, 1.165) is 13.1 Å². The zero-order chi connectivity index (χ0) is 23.3. The Morgan fingerprint density at radius 2 is 1.91 bits per heavy atom. The number of pyridine rings is 1. The van der Waals surface area contributed by atoms with Crippen LogP contribution in [0.5, 0.6) is 5.75 Å². The summed E-state index contributed by atoms with van der Waals surface area (Å²) in [5.74, 6) is -0.968. The molecule has 0 spiro atoms. The van der Waals surface area contributed by atoms with Gasteiger partial charge in [0, 0.05) is 24.8 Å². The van der Waals surface area contributed by atoms with Crippen molar-refractivity contribution >= 4 is 17.4 Å². The van der Waals surface area contributed by atoms with Gasteiger partial charge in [0.15, 0.2) is 0 Å². The number of likely N-dealkylation sites (tertiary alicyclic amines) is 1. The van der Waals surface area contributed by atoms with Crippen molar-refractivity contribution in [1.82, 2.24) is 14.8 Å². The van der Waals surface area contributed by atoms with Gasteiger partial charge in [0.2, 0.25) is 0 Å². The first-order valence-corrected chi connectivity index (χ1v) is 11.1. The van der Waals surface area contributed by atoms with Crippen molar-refractivity contribution in [2.45, 2.75) is 39.8 Å². The summed E-state index contributed by atoms with van der Waals surface area (Å²) in [4.78, 5) is 34.2. The molecule has 0 radical (unpaired) electrons. The molecule has 1 atom stereocenters. The Hall–Kier alpha value is -3.19. The number of Topliss-reactive ketones (excluding diaryl/α,β-unsaturated/α-hetero) is 1. The van der Waals surface area contributed by atoms with Gasteiger partial charge in [-0.2, -0.15) is 0 Å². The van der Waals surface area contributed by atoms with E-state index < -0.39 is 17.7 Å². The third-order valence-corrected chi connectivity index (χ3v) is 5.54. The smallest absolute Gasteiger partial charge is 0.295 e. The topological polar surface area (TPSA) is 83.0 Å². The monoisotopic (exact) mass is 437 g/mol. The number of aliphatic hydroxyl groups is 1. The molecule has 1 aliphatic heterocycles. The molecule has 1 fully saturated rings. The predicted molar refractivity (Wildman–Crippen MR) is 123 cm³/mol. The fraction of sp³-hybridized carbons (Fsp3) is 0.400. The molecule has 1 unspecified atom stereocenters. The van der Waals surface area contributed by atoms with Crippen LogP contribution in [0, 0.1) is 0 Å². The number of aromatic nitrogens is 1. The first kappa shape index (κ1) is 23.5. The number of benzene rings is 1. The summed E-state index contributed by atoms with van der Waals surface area (Å²) in [6.07, 6.45) is 1.59. The summed E-state index contributed by atoms with van der Waals surface area (Å²) in [7, 11) is 0. The van der Waals surface area contributed by atoms with Crippen LogP contribution in [0.15, 0.2) is 54.2 Å². The fourth-order valence-corrected chi connectivity index (χ4v) is 3.89. The maximum Gasteiger partial charge on any atom is 0.295 e. The third kappa shape index (κ3) is 4.99. The molecule has 3 rings (SSSR count). The van der Waals surface area contributed by atoms with Crippen molar-refractivity contribution in [2.75, 3.05) is 26.2 Å². The van der Waals surface area contributed by atoms with E-state index >= 15 is 0 Å². The van der Waals surface area contributed by atoms with Crippen LogP contribution in [0.1, 0.15) is 45.0 Å². The molecule has 1 N–H and O–H groups in total. The first-order chi connectivity index (χ1) is 15.4. The second kappa shape index (κ2) is 10.4. The molecular weight excluding hydrogens is 406 g/mol. The minimum absolute atomic E-state index is 0.0356. The Labute approximate surface area is 189 Å². The Morgan fingerprint density at radius 3 is 2.53 bits per heavy atom. The van der Waals surface area contributed by atoms with Crippen LogP contribution in [-0.4, -0.2) is 63.9 Å². The van der Waals surface area contributed by atoms with Gasteiger partial charge in [-0.3, -0.25) is 14.6 Å². The van der Waals surface area contributed by atoms with E-state index in [1.807, 2.05) is 19.9 Å². The van der Waals surface area contributed by atoms with Crippen LogP contribution >= 0.6 is 0 Å². The average molecular weight is 438 g/mol. The van der Waals surface area contributed by atoms with Crippen LogP contribution < -0.4 is 4.74 Å². The van der Waals surface area contributed by atoms with Crippen LogP contribution in [0.2, 0.25) is 0 Å². The van der Waals surface area contributed by atoms with Crippen LogP contribution in [0.4, 0.5) is 0 Å². The molecule has 1 aliphatic rings. The number of ketones is 1. The zero-order valence-electron chi connectivity index (χ0n) is 19.1. The first-order valence-electron chi connectivity index (χ1n) is 11.1. The van der Waals surface area contributed by atoms with Gasteiger partial charge in [0.1, 0.15) is 17.6 Å². The number of aliphatic hydroxyl groups excluding tert-OH is 1. The molecule has 0 saturated carbocycles. The number of ether oxygens (including phenoxy) is 1. The normalized spacial score (nSPS) is 18.1. The molecule has 170 valence electrons. The SMILES string of the molecule is CCN(CC)CCN1C(=O)C(=O)/C(=C(\O)c2cccc(OC(C)C)c2)C1c1ccccn1. The fourth-order valence-electron chi connectivity index (χ4n) is 3.89. The van der Waals surface area contributed by atoms with Crippen LogP contribution in [-0.2, 0) is 9.59 Å². The van der Waals surface area contributed by atoms with E-state index in [1.54, 1.807) is 42.6 Å². The number of carbonyl (C=O) groups is 2. The van der Waals surface area contributed by atoms with E-state index in [2.05, 4.69) is 23.7 Å². The zero-order valence-corrected chi connectivity index (χ0v) is 19.1. The van der Waals surface area contributed by atoms with Crippen LogP contribution in [0.25, 0.3) is 5.76 Å². The minimum Gasteiger partial charge on any atom is -0.507 e. The maximum atomic E-state index is 13.1. The molecule has 1 aromatic carbocycles. The van der Waals surface area contributed by atoms with Crippen molar-refractivity contribution in [3.05, 3.63) is 65.5 Å². The molecule has 7 heteroatoms. The molecular formula is C25H31N3O4. The van der Waals surface area contributed by atoms with Crippen molar-refractivity contribution in [3.63, 3.8) is 0 Å². The highest BCUT2D eigenvalue weighted by molar-refractivity contribution is 6.46. The third-order valence-electron chi connectivity index (χ3n) is 5.54. The molecule has 1 amide bonds. The Morgan fingerprint density at radius 1 is 1.16 bits per heavy atom. The summed E-state index contributed by atoms with van der Waals surface area (Å²) >= 11 is 0. The maximum absolute atomic E-state index is 13.1.